The molecule has 0 aromatic rings. The van der Waals surface area contributed by atoms with Crippen molar-refractivity contribution in [3.8, 4) is 0 Å². The molecule has 1 heterocycles. The molecule has 1 unspecified atom stereocenters. The molecule has 0 saturated carbocycles. The third-order valence-electron chi connectivity index (χ3n) is 1.70. The number of alkyl halides is 1. The highest BCUT2D eigenvalue weighted by atomic mass is 35.5. The molecular weight excluding hydrogens is 200 g/mol. The Kier molecular flexibility index (Phi) is 6.12. The maximum absolute atomic E-state index is 5.92. The summed E-state index contributed by atoms with van der Waals surface area (Å²) in [7, 11) is 1.93. The van der Waals surface area contributed by atoms with Crippen LogP contribution in [0.3, 0.4) is 0 Å². The fraction of sp³-hybridized carbons (Fsp3) is 0.667. The van der Waals surface area contributed by atoms with Crippen molar-refractivity contribution in [2.75, 3.05) is 13.7 Å². The summed E-state index contributed by atoms with van der Waals surface area (Å²) in [6, 6.07) is 0. The first-order valence-electron chi connectivity index (χ1n) is 4.74. The van der Waals surface area contributed by atoms with E-state index in [1.54, 1.807) is 0 Å². The lowest BCUT2D eigenvalue weighted by atomic mass is 10.3. The lowest BCUT2D eigenvalue weighted by Crippen LogP contribution is -2.19. The van der Waals surface area contributed by atoms with E-state index < -0.39 is 0 Å². The van der Waals surface area contributed by atoms with Crippen molar-refractivity contribution in [1.29, 1.82) is 0 Å². The molecule has 1 atom stereocenters. The van der Waals surface area contributed by atoms with Gasteiger partial charge in [0.2, 0.25) is 0 Å². The number of nitrogens with zero attached hydrogens (tertiary/aromatic N) is 2. The van der Waals surface area contributed by atoms with Crippen LogP contribution in [0.4, 0.5) is 0 Å². The van der Waals surface area contributed by atoms with Gasteiger partial charge in [-0.2, -0.15) is 0 Å². The van der Waals surface area contributed by atoms with Crippen LogP contribution in [-0.2, 0) is 0 Å². The quantitative estimate of drug-likeness (QED) is 0.417. The fourth-order valence-corrected chi connectivity index (χ4v) is 1.30. The summed E-state index contributed by atoms with van der Waals surface area (Å²) >= 11 is 5.92. The van der Waals surface area contributed by atoms with Gasteiger partial charge in [-0.15, -0.1) is 11.6 Å². The molecule has 0 spiro atoms. The van der Waals surface area contributed by atoms with E-state index in [0.29, 0.717) is 0 Å². The summed E-state index contributed by atoms with van der Waals surface area (Å²) in [4.78, 5) is 5.97. The number of hydrogen-bond donors (Lipinski definition) is 2. The molecule has 5 heteroatoms. The number of aliphatic imine (C=N–C) groups is 1. The summed E-state index contributed by atoms with van der Waals surface area (Å²) in [5.41, 5.74) is 6.14. The lowest BCUT2D eigenvalue weighted by molar-refractivity contribution is 0.438. The minimum atomic E-state index is -0.0614. The molecule has 0 radical (unpaired) electrons. The Morgan fingerprint density at radius 3 is 2.64 bits per heavy atom. The molecule has 0 aliphatic carbocycles. The summed E-state index contributed by atoms with van der Waals surface area (Å²) in [5.74, 6) is 0.819. The second kappa shape index (κ2) is 6.54. The van der Waals surface area contributed by atoms with Crippen molar-refractivity contribution in [3.05, 3.63) is 11.5 Å². The van der Waals surface area contributed by atoms with Crippen molar-refractivity contribution >= 4 is 17.9 Å². The Bertz CT molecular complexity index is 223. The molecule has 0 amide bonds. The third kappa shape index (κ3) is 3.10. The summed E-state index contributed by atoms with van der Waals surface area (Å²) in [5, 5.41) is 3.08. The highest BCUT2D eigenvalue weighted by Gasteiger charge is 2.20. The summed E-state index contributed by atoms with van der Waals surface area (Å²) in [6.45, 7) is 6.63. The Morgan fingerprint density at radius 2 is 2.21 bits per heavy atom. The number of nitrogens with two attached hydrogens (primary N) is 1. The van der Waals surface area contributed by atoms with Crippen LogP contribution in [0.5, 0.6) is 0 Å². The van der Waals surface area contributed by atoms with Gasteiger partial charge in [0, 0.05) is 7.05 Å². The van der Waals surface area contributed by atoms with E-state index in [1.807, 2.05) is 32.7 Å². The van der Waals surface area contributed by atoms with Crippen LogP contribution in [-0.4, -0.2) is 30.3 Å². The first-order valence-corrected chi connectivity index (χ1v) is 5.18. The van der Waals surface area contributed by atoms with E-state index in [4.69, 9.17) is 17.3 Å². The summed E-state index contributed by atoms with van der Waals surface area (Å²) < 4.78 is 0. The van der Waals surface area contributed by atoms with Crippen LogP contribution < -0.4 is 11.1 Å². The molecule has 82 valence electrons. The van der Waals surface area contributed by atoms with Crippen LogP contribution in [0.2, 0.25) is 0 Å². The van der Waals surface area contributed by atoms with Crippen molar-refractivity contribution in [3.63, 3.8) is 0 Å². The van der Waals surface area contributed by atoms with Gasteiger partial charge in [0.05, 0.1) is 24.1 Å². The van der Waals surface area contributed by atoms with Gasteiger partial charge < -0.3 is 16.0 Å². The smallest absolute Gasteiger partial charge is 0.152 e. The number of hydrogen-bond acceptors (Lipinski definition) is 3. The second-order valence-electron chi connectivity index (χ2n) is 2.66. The maximum Gasteiger partial charge on any atom is 0.152 e. The molecule has 4 nitrogen and oxygen atoms in total. The van der Waals surface area contributed by atoms with E-state index in [0.717, 1.165) is 18.2 Å². The molecule has 3 N–H and O–H groups in total. The molecule has 0 aromatic heterocycles. The minimum absolute atomic E-state index is 0.0614. The van der Waals surface area contributed by atoms with Gasteiger partial charge in [-0.25, -0.2) is 4.99 Å². The SMILES string of the molecule is CC.CC(Cl)C1=C(/N=C\N)N(C)CN1. The number of allylic oxidation sites excluding steroid dienone is 1. The topological polar surface area (TPSA) is 53.6 Å². The zero-order valence-electron chi connectivity index (χ0n) is 9.21. The Balaban J connectivity index is 0.000000791. The molecule has 1 aliphatic rings. The van der Waals surface area contributed by atoms with E-state index in [9.17, 15) is 0 Å². The van der Waals surface area contributed by atoms with Gasteiger partial charge in [-0.1, -0.05) is 13.8 Å². The monoisotopic (exact) mass is 218 g/mol. The van der Waals surface area contributed by atoms with E-state index >= 15 is 0 Å². The van der Waals surface area contributed by atoms with Gasteiger partial charge in [0.25, 0.3) is 0 Å². The third-order valence-corrected chi connectivity index (χ3v) is 1.92. The standard InChI is InChI=1S/C7H13ClN4.C2H6/c1-5(8)6-7(10-3-9)12(2)4-11-6;1-2/h3,5,11H,4H2,1-2H3,(H2,9,10);1-2H3. The molecule has 14 heavy (non-hydrogen) atoms. The summed E-state index contributed by atoms with van der Waals surface area (Å²) in [6.07, 6.45) is 1.28. The van der Waals surface area contributed by atoms with E-state index in [-0.39, 0.29) is 5.38 Å². The normalized spacial score (nSPS) is 17.9. The predicted molar refractivity (Wildman–Crippen MR) is 62.1 cm³/mol. The van der Waals surface area contributed by atoms with Crippen molar-refractivity contribution < 1.29 is 0 Å². The average Bonchev–Trinajstić information content (AvgIpc) is 2.52. The van der Waals surface area contributed by atoms with Gasteiger partial charge in [-0.3, -0.25) is 0 Å². The fourth-order valence-electron chi connectivity index (χ4n) is 1.12. The highest BCUT2D eigenvalue weighted by Crippen LogP contribution is 2.19. The van der Waals surface area contributed by atoms with Crippen LogP contribution in [0.15, 0.2) is 16.5 Å². The van der Waals surface area contributed by atoms with Crippen LogP contribution >= 0.6 is 11.6 Å². The largest absolute Gasteiger partial charge is 0.390 e. The van der Waals surface area contributed by atoms with Crippen molar-refractivity contribution in [1.82, 2.24) is 10.2 Å². The van der Waals surface area contributed by atoms with E-state index in [2.05, 4.69) is 10.3 Å². The Morgan fingerprint density at radius 1 is 1.64 bits per heavy atom. The van der Waals surface area contributed by atoms with E-state index in [1.165, 1.54) is 6.34 Å². The van der Waals surface area contributed by atoms with Crippen LogP contribution in [0.1, 0.15) is 20.8 Å². The number of nitrogens with one attached hydrogen (secondary N) is 1. The molecule has 0 fully saturated rings. The average molecular weight is 219 g/mol. The van der Waals surface area contributed by atoms with Gasteiger partial charge in [0.1, 0.15) is 0 Å². The van der Waals surface area contributed by atoms with Gasteiger partial charge in [-0.05, 0) is 6.92 Å². The van der Waals surface area contributed by atoms with Crippen LogP contribution in [0.25, 0.3) is 0 Å². The minimum Gasteiger partial charge on any atom is -0.390 e. The highest BCUT2D eigenvalue weighted by molar-refractivity contribution is 6.22. The number of halogens is 1. The van der Waals surface area contributed by atoms with Gasteiger partial charge in [0.15, 0.2) is 5.82 Å². The predicted octanol–water partition coefficient (Wildman–Crippen LogP) is 1.29. The molecule has 0 bridgehead atoms. The first kappa shape index (κ1) is 13.1. The van der Waals surface area contributed by atoms with Gasteiger partial charge >= 0.3 is 0 Å². The maximum atomic E-state index is 5.92. The number of rotatable bonds is 2. The Labute approximate surface area is 90.8 Å². The first-order chi connectivity index (χ1) is 6.66. The zero-order chi connectivity index (χ0) is 11.1. The lowest BCUT2D eigenvalue weighted by Gasteiger charge is -2.09. The molecular formula is C9H19ClN4. The molecule has 0 saturated heterocycles. The van der Waals surface area contributed by atoms with Crippen molar-refractivity contribution in [2.45, 2.75) is 26.1 Å². The second-order valence-corrected chi connectivity index (χ2v) is 3.32. The van der Waals surface area contributed by atoms with Crippen LogP contribution in [0, 0.1) is 0 Å². The molecule has 1 aliphatic heterocycles. The van der Waals surface area contributed by atoms with Crippen molar-refractivity contribution in [2.24, 2.45) is 10.7 Å². The molecule has 1 rings (SSSR count). The molecule has 0 aromatic carbocycles. The zero-order valence-corrected chi connectivity index (χ0v) is 9.97. The Hall–Kier alpha value is -0.900.